The average molecular weight is 458 g/mol. The van der Waals surface area contributed by atoms with Crippen LogP contribution >= 0.6 is 0 Å². The number of alkyl halides is 3. The van der Waals surface area contributed by atoms with E-state index in [2.05, 4.69) is 16.9 Å². The third-order valence-electron chi connectivity index (χ3n) is 5.63. The van der Waals surface area contributed by atoms with Crippen LogP contribution in [0.25, 0.3) is 11.0 Å². The van der Waals surface area contributed by atoms with E-state index in [0.29, 0.717) is 30.5 Å². The van der Waals surface area contributed by atoms with Gasteiger partial charge >= 0.3 is 12.1 Å². The topological polar surface area (TPSA) is 87.5 Å². The monoisotopic (exact) mass is 458 g/mol. The second kappa shape index (κ2) is 8.61. The molecule has 1 aliphatic rings. The molecule has 1 amide bonds. The molecular formula is C23H21F3N4O3. The number of halogens is 3. The Morgan fingerprint density at radius 2 is 2.00 bits per heavy atom. The van der Waals surface area contributed by atoms with Crippen LogP contribution in [0, 0.1) is 0 Å². The normalized spacial score (nSPS) is 16.6. The second-order valence-corrected chi connectivity index (χ2v) is 7.80. The lowest BCUT2D eigenvalue weighted by molar-refractivity contribution is -0.137. The van der Waals surface area contributed by atoms with Gasteiger partial charge in [0.1, 0.15) is 0 Å². The number of amides is 1. The lowest BCUT2D eigenvalue weighted by Crippen LogP contribution is -2.40. The molecule has 0 radical (unpaired) electrons. The first-order valence-electron chi connectivity index (χ1n) is 10.3. The predicted molar refractivity (Wildman–Crippen MR) is 116 cm³/mol. The fourth-order valence-electron chi connectivity index (χ4n) is 4.09. The van der Waals surface area contributed by atoms with Gasteiger partial charge in [0.2, 0.25) is 11.9 Å². The molecule has 0 spiro atoms. The van der Waals surface area contributed by atoms with Gasteiger partial charge < -0.3 is 19.9 Å². The number of benzene rings is 2. The van der Waals surface area contributed by atoms with Gasteiger partial charge in [-0.1, -0.05) is 12.6 Å². The number of aromatic carboxylic acids is 1. The molecule has 0 aliphatic carbocycles. The zero-order valence-electron chi connectivity index (χ0n) is 17.5. The molecule has 1 atom stereocenters. The first-order chi connectivity index (χ1) is 15.7. The number of nitrogens with one attached hydrogen (secondary N) is 1. The number of hydrogen-bond donors (Lipinski definition) is 2. The number of anilines is 2. The minimum Gasteiger partial charge on any atom is -0.478 e. The Balaban J connectivity index is 1.79. The van der Waals surface area contributed by atoms with E-state index in [1.165, 1.54) is 30.3 Å². The number of piperidine rings is 1. The predicted octanol–water partition coefficient (Wildman–Crippen LogP) is 4.85. The van der Waals surface area contributed by atoms with Gasteiger partial charge in [-0.25, -0.2) is 9.78 Å². The van der Waals surface area contributed by atoms with Gasteiger partial charge in [-0.15, -0.1) is 0 Å². The number of likely N-dealkylation sites (tertiary alicyclic amines) is 1. The molecule has 2 aromatic carbocycles. The molecule has 3 aromatic rings. The maximum atomic E-state index is 13.2. The van der Waals surface area contributed by atoms with E-state index in [9.17, 15) is 27.9 Å². The summed E-state index contributed by atoms with van der Waals surface area (Å²) in [5.41, 5.74) is 0.437. The number of fused-ring (bicyclic) bond motifs is 1. The summed E-state index contributed by atoms with van der Waals surface area (Å²) in [6, 6.07) is 9.04. The molecule has 4 rings (SSSR count). The quantitative estimate of drug-likeness (QED) is 0.534. The van der Waals surface area contributed by atoms with Gasteiger partial charge in [0.05, 0.1) is 28.2 Å². The molecule has 1 aromatic heterocycles. The van der Waals surface area contributed by atoms with Crippen molar-refractivity contribution < 1.29 is 27.9 Å². The summed E-state index contributed by atoms with van der Waals surface area (Å²) in [6.07, 6.45) is -1.82. The molecule has 2 heterocycles. The molecule has 7 nitrogen and oxygen atoms in total. The van der Waals surface area contributed by atoms with Crippen LogP contribution in [0.1, 0.15) is 34.8 Å². The fourth-order valence-corrected chi connectivity index (χ4v) is 4.09. The Labute approximate surface area is 187 Å². The molecule has 10 heteroatoms. The number of carbonyl (C=O) groups is 2. The molecule has 0 unspecified atom stereocenters. The van der Waals surface area contributed by atoms with Crippen LogP contribution in [0.4, 0.5) is 24.8 Å². The standard InChI is InChI=1S/C23H21F3N4O3/c1-2-20(31)29-10-4-7-17(13-29)30-19-9-8-14(21(32)33)11-18(19)28-22(30)27-16-6-3-5-15(12-16)23(24,25)26/h2-3,5-6,8-9,11-12,17H,1,4,7,10,13H2,(H,27,28)(H,32,33)/t17-/m1/s1. The Hall–Kier alpha value is -3.82. The highest BCUT2D eigenvalue weighted by Crippen LogP contribution is 2.34. The lowest BCUT2D eigenvalue weighted by atomic mass is 10.0. The van der Waals surface area contributed by atoms with Crippen LogP contribution in [0.5, 0.6) is 0 Å². The van der Waals surface area contributed by atoms with Gasteiger partial charge in [-0.05, 0) is 55.3 Å². The smallest absolute Gasteiger partial charge is 0.416 e. The molecule has 1 fully saturated rings. The Bertz CT molecular complexity index is 1240. The lowest BCUT2D eigenvalue weighted by Gasteiger charge is -2.34. The van der Waals surface area contributed by atoms with Crippen molar-refractivity contribution in [1.29, 1.82) is 0 Å². The molecule has 172 valence electrons. The highest BCUT2D eigenvalue weighted by atomic mass is 19.4. The van der Waals surface area contributed by atoms with Crippen LogP contribution < -0.4 is 5.32 Å². The van der Waals surface area contributed by atoms with Crippen molar-refractivity contribution >= 4 is 34.5 Å². The first kappa shape index (κ1) is 22.4. The van der Waals surface area contributed by atoms with Gasteiger partial charge in [-0.2, -0.15) is 13.2 Å². The van der Waals surface area contributed by atoms with E-state index < -0.39 is 17.7 Å². The maximum absolute atomic E-state index is 13.2. The van der Waals surface area contributed by atoms with Crippen LogP contribution in [0.2, 0.25) is 0 Å². The van der Waals surface area contributed by atoms with Gasteiger partial charge in [0.15, 0.2) is 0 Å². The Morgan fingerprint density at radius 1 is 1.21 bits per heavy atom. The zero-order chi connectivity index (χ0) is 23.8. The third-order valence-corrected chi connectivity index (χ3v) is 5.63. The van der Waals surface area contributed by atoms with Crippen molar-refractivity contribution in [2.45, 2.75) is 25.1 Å². The molecule has 2 N–H and O–H groups in total. The highest BCUT2D eigenvalue weighted by molar-refractivity contribution is 5.93. The summed E-state index contributed by atoms with van der Waals surface area (Å²) in [5, 5.41) is 12.3. The van der Waals surface area contributed by atoms with Gasteiger partial charge in [0.25, 0.3) is 0 Å². The van der Waals surface area contributed by atoms with E-state index in [1.54, 1.807) is 11.0 Å². The summed E-state index contributed by atoms with van der Waals surface area (Å²) in [7, 11) is 0. The number of carbonyl (C=O) groups excluding carboxylic acids is 1. The maximum Gasteiger partial charge on any atom is 0.416 e. The van der Waals surface area contributed by atoms with E-state index in [-0.39, 0.29) is 29.1 Å². The molecule has 1 saturated heterocycles. The Kier molecular flexibility index (Phi) is 5.84. The van der Waals surface area contributed by atoms with Crippen molar-refractivity contribution in [1.82, 2.24) is 14.5 Å². The fraction of sp³-hybridized carbons (Fsp3) is 0.261. The number of carboxylic acids is 1. The number of rotatable bonds is 5. The molecule has 0 saturated carbocycles. The van der Waals surface area contributed by atoms with Crippen molar-refractivity contribution in [3.05, 3.63) is 66.2 Å². The molecule has 0 bridgehead atoms. The molecular weight excluding hydrogens is 437 g/mol. The number of nitrogens with zero attached hydrogens (tertiary/aromatic N) is 3. The molecule has 33 heavy (non-hydrogen) atoms. The number of hydrogen-bond acceptors (Lipinski definition) is 4. The van der Waals surface area contributed by atoms with Crippen LogP contribution in [-0.2, 0) is 11.0 Å². The first-order valence-corrected chi connectivity index (χ1v) is 10.3. The number of imidazole rings is 1. The summed E-state index contributed by atoms with van der Waals surface area (Å²) < 4.78 is 41.3. The average Bonchev–Trinajstić information content (AvgIpc) is 3.15. The van der Waals surface area contributed by atoms with Gasteiger partial charge in [-0.3, -0.25) is 4.79 Å². The second-order valence-electron chi connectivity index (χ2n) is 7.80. The van der Waals surface area contributed by atoms with E-state index in [0.717, 1.165) is 18.6 Å². The summed E-state index contributed by atoms with van der Waals surface area (Å²) in [5.74, 6) is -1.05. The minimum atomic E-state index is -4.50. The van der Waals surface area contributed by atoms with Crippen molar-refractivity contribution in [3.8, 4) is 0 Å². The molecule has 1 aliphatic heterocycles. The largest absolute Gasteiger partial charge is 0.478 e. The van der Waals surface area contributed by atoms with E-state index in [1.807, 2.05) is 4.57 Å². The van der Waals surface area contributed by atoms with Crippen molar-refractivity contribution in [2.24, 2.45) is 0 Å². The van der Waals surface area contributed by atoms with Gasteiger partial charge in [0, 0.05) is 18.8 Å². The SMILES string of the molecule is C=CC(=O)N1CCC[C@@H](n2c(Nc3cccc(C(F)(F)F)c3)nc3cc(C(=O)O)ccc32)C1. The summed E-state index contributed by atoms with van der Waals surface area (Å²) in [6.45, 7) is 4.48. The Morgan fingerprint density at radius 3 is 2.70 bits per heavy atom. The summed E-state index contributed by atoms with van der Waals surface area (Å²) in [4.78, 5) is 29.7. The number of aromatic nitrogens is 2. The van der Waals surface area contributed by atoms with Crippen LogP contribution in [0.3, 0.4) is 0 Å². The van der Waals surface area contributed by atoms with E-state index >= 15 is 0 Å². The van der Waals surface area contributed by atoms with Crippen molar-refractivity contribution in [3.63, 3.8) is 0 Å². The number of carboxylic acid groups (broad SMARTS) is 1. The third kappa shape index (κ3) is 4.55. The highest BCUT2D eigenvalue weighted by Gasteiger charge is 2.31. The van der Waals surface area contributed by atoms with Crippen molar-refractivity contribution in [2.75, 3.05) is 18.4 Å². The van der Waals surface area contributed by atoms with Crippen LogP contribution in [-0.4, -0.2) is 44.5 Å². The minimum absolute atomic E-state index is 0.0462. The summed E-state index contributed by atoms with van der Waals surface area (Å²) >= 11 is 0. The van der Waals surface area contributed by atoms with Crippen LogP contribution in [0.15, 0.2) is 55.1 Å². The zero-order valence-corrected chi connectivity index (χ0v) is 17.5. The van der Waals surface area contributed by atoms with E-state index in [4.69, 9.17) is 0 Å².